The summed E-state index contributed by atoms with van der Waals surface area (Å²) in [5.41, 5.74) is -1.86. The summed E-state index contributed by atoms with van der Waals surface area (Å²) in [7, 11) is 0. The van der Waals surface area contributed by atoms with Crippen molar-refractivity contribution < 1.29 is 43.3 Å². The summed E-state index contributed by atoms with van der Waals surface area (Å²) in [5, 5.41) is 1.89. The molecule has 3 heterocycles. The van der Waals surface area contributed by atoms with Gasteiger partial charge in [0.2, 0.25) is 0 Å². The second kappa shape index (κ2) is 8.76. The number of hydroxylamine groups is 6. The molecule has 0 aromatic rings. The summed E-state index contributed by atoms with van der Waals surface area (Å²) in [4.78, 5) is 89.2. The number of rotatable bonds is 8. The number of imide groups is 3. The van der Waals surface area contributed by atoms with Gasteiger partial charge in [-0.1, -0.05) is 0 Å². The summed E-state index contributed by atoms with van der Waals surface area (Å²) >= 11 is 0. The van der Waals surface area contributed by atoms with Gasteiger partial charge in [0.15, 0.2) is 0 Å². The number of carbonyl (C=O) groups is 6. The first-order valence-electron chi connectivity index (χ1n) is 10.5. The third-order valence-electron chi connectivity index (χ3n) is 4.88. The minimum absolute atomic E-state index is 0.0515. The van der Waals surface area contributed by atoms with Gasteiger partial charge < -0.3 is 0 Å². The van der Waals surface area contributed by atoms with Crippen molar-refractivity contribution in [2.45, 2.75) is 71.5 Å². The first-order valence-corrected chi connectivity index (χ1v) is 10.5. The Morgan fingerprint density at radius 2 is 1.45 bits per heavy atom. The Bertz CT molecular complexity index is 931. The average molecular weight is 465 g/mol. The van der Waals surface area contributed by atoms with E-state index in [4.69, 9.17) is 14.5 Å². The molecule has 0 spiro atoms. The van der Waals surface area contributed by atoms with Crippen molar-refractivity contribution in [3.63, 3.8) is 0 Å². The van der Waals surface area contributed by atoms with Crippen molar-refractivity contribution in [2.75, 3.05) is 6.61 Å². The summed E-state index contributed by atoms with van der Waals surface area (Å²) in [6.45, 7) is 7.83. The van der Waals surface area contributed by atoms with Crippen molar-refractivity contribution in [3.8, 4) is 0 Å². The van der Waals surface area contributed by atoms with E-state index in [2.05, 4.69) is 0 Å². The molecule has 3 rings (SSSR count). The van der Waals surface area contributed by atoms with E-state index < -0.39 is 52.6 Å². The lowest BCUT2D eigenvalue weighted by Gasteiger charge is -2.29. The summed E-state index contributed by atoms with van der Waals surface area (Å²) < 4.78 is 0. The van der Waals surface area contributed by atoms with E-state index in [1.807, 2.05) is 0 Å². The maximum absolute atomic E-state index is 12.7. The third kappa shape index (κ3) is 5.52. The molecule has 2 saturated heterocycles. The minimum atomic E-state index is -1.15. The molecule has 12 heteroatoms. The van der Waals surface area contributed by atoms with Crippen molar-refractivity contribution in [2.24, 2.45) is 5.92 Å². The van der Waals surface area contributed by atoms with Crippen LogP contribution >= 0.6 is 0 Å². The monoisotopic (exact) mass is 465 g/mol. The quantitative estimate of drug-likeness (QED) is 0.471. The van der Waals surface area contributed by atoms with Gasteiger partial charge in [-0.25, -0.2) is 0 Å². The Kier molecular flexibility index (Phi) is 6.55. The molecule has 0 aromatic heterocycles. The maximum Gasteiger partial charge on any atom is 0.281 e. The Hall–Kier alpha value is -2.96. The number of hydrogen-bond acceptors (Lipinski definition) is 9. The predicted molar refractivity (Wildman–Crippen MR) is 108 cm³/mol. The summed E-state index contributed by atoms with van der Waals surface area (Å²) in [6, 6.07) is 0. The summed E-state index contributed by atoms with van der Waals surface area (Å²) in [6.07, 6.45) is 0.916. The van der Waals surface area contributed by atoms with Crippen molar-refractivity contribution in [1.29, 1.82) is 0 Å². The van der Waals surface area contributed by atoms with Crippen LogP contribution in [0, 0.1) is 5.92 Å². The fourth-order valence-electron chi connectivity index (χ4n) is 3.48. The van der Waals surface area contributed by atoms with E-state index in [1.54, 1.807) is 34.6 Å². The lowest BCUT2D eigenvalue weighted by molar-refractivity contribution is -0.223. The van der Waals surface area contributed by atoms with Gasteiger partial charge in [0.25, 0.3) is 35.4 Å². The number of nitrogens with zero attached hydrogens (tertiary/aromatic N) is 3. The van der Waals surface area contributed by atoms with Crippen LogP contribution in [0.2, 0.25) is 0 Å². The van der Waals surface area contributed by atoms with Gasteiger partial charge in [-0.05, 0) is 34.6 Å². The second-order valence-electron chi connectivity index (χ2n) is 9.64. The molecule has 12 nitrogen and oxygen atoms in total. The SMILES string of the molecule is CC(C)(C)ON1C(=O)CC(CON2C(=O)C=C(CC(C)(C)ON3C(=O)CCC3=O)C2=O)C1=O. The highest BCUT2D eigenvalue weighted by Crippen LogP contribution is 2.29. The molecule has 0 aliphatic carbocycles. The van der Waals surface area contributed by atoms with Crippen LogP contribution in [0.5, 0.6) is 0 Å². The average Bonchev–Trinajstić information content (AvgIpc) is 3.23. The van der Waals surface area contributed by atoms with Crippen LogP contribution in [0.25, 0.3) is 0 Å². The predicted octanol–water partition coefficient (Wildman–Crippen LogP) is 0.568. The molecule has 0 saturated carbocycles. The Balaban J connectivity index is 1.57. The molecule has 3 aliphatic rings. The molecular weight excluding hydrogens is 438 g/mol. The Morgan fingerprint density at radius 1 is 0.848 bits per heavy atom. The molecule has 0 aromatic carbocycles. The molecule has 0 radical (unpaired) electrons. The van der Waals surface area contributed by atoms with Gasteiger partial charge in [-0.15, -0.1) is 5.06 Å². The van der Waals surface area contributed by atoms with Gasteiger partial charge in [0.05, 0.1) is 23.7 Å². The second-order valence-corrected chi connectivity index (χ2v) is 9.64. The smallest absolute Gasteiger partial charge is 0.272 e. The zero-order valence-corrected chi connectivity index (χ0v) is 19.2. The first-order chi connectivity index (χ1) is 15.2. The lowest BCUT2D eigenvalue weighted by Crippen LogP contribution is -2.41. The number of carbonyl (C=O) groups excluding carboxylic acids is 6. The standard InChI is InChI=1S/C21H27N3O9/c1-20(2,3)32-24-17(28)9-13(19(24)30)11-31-23-16(27)8-12(18(23)29)10-21(4,5)33-22-14(25)6-7-15(22)26/h8,13H,6-7,9-11H2,1-5H3. The van der Waals surface area contributed by atoms with Crippen molar-refractivity contribution in [1.82, 2.24) is 15.2 Å². The van der Waals surface area contributed by atoms with Crippen molar-refractivity contribution in [3.05, 3.63) is 11.6 Å². The third-order valence-corrected chi connectivity index (χ3v) is 4.88. The highest BCUT2D eigenvalue weighted by Gasteiger charge is 2.44. The molecule has 0 N–H and O–H groups in total. The summed E-state index contributed by atoms with van der Waals surface area (Å²) in [5.74, 6) is -4.50. The van der Waals surface area contributed by atoms with Gasteiger partial charge in [-0.2, -0.15) is 10.1 Å². The van der Waals surface area contributed by atoms with Crippen molar-refractivity contribution >= 4 is 35.4 Å². The number of amides is 6. The molecule has 180 valence electrons. The van der Waals surface area contributed by atoms with E-state index in [-0.39, 0.29) is 37.9 Å². The molecule has 33 heavy (non-hydrogen) atoms. The van der Waals surface area contributed by atoms with Crippen LogP contribution in [-0.4, -0.2) is 68.4 Å². The molecule has 1 unspecified atom stereocenters. The molecule has 6 amide bonds. The minimum Gasteiger partial charge on any atom is -0.272 e. The van der Waals surface area contributed by atoms with Gasteiger partial charge >= 0.3 is 0 Å². The zero-order valence-electron chi connectivity index (χ0n) is 19.2. The van der Waals surface area contributed by atoms with E-state index >= 15 is 0 Å². The van der Waals surface area contributed by atoms with Gasteiger partial charge in [-0.3, -0.25) is 43.3 Å². The van der Waals surface area contributed by atoms with E-state index in [1.165, 1.54) is 0 Å². The molecule has 3 aliphatic heterocycles. The molecule has 2 fully saturated rings. The number of hydrogen-bond donors (Lipinski definition) is 0. The highest BCUT2D eigenvalue weighted by molar-refractivity contribution is 6.15. The lowest BCUT2D eigenvalue weighted by atomic mass is 9.99. The topological polar surface area (TPSA) is 140 Å². The van der Waals surface area contributed by atoms with E-state index in [9.17, 15) is 28.8 Å². The van der Waals surface area contributed by atoms with Crippen LogP contribution < -0.4 is 0 Å². The maximum atomic E-state index is 12.7. The Morgan fingerprint density at radius 3 is 2.03 bits per heavy atom. The van der Waals surface area contributed by atoms with Crippen LogP contribution in [0.15, 0.2) is 11.6 Å². The van der Waals surface area contributed by atoms with Crippen LogP contribution in [0.4, 0.5) is 0 Å². The largest absolute Gasteiger partial charge is 0.281 e. The van der Waals surface area contributed by atoms with Crippen LogP contribution in [0.3, 0.4) is 0 Å². The van der Waals surface area contributed by atoms with Gasteiger partial charge in [0.1, 0.15) is 0 Å². The van der Waals surface area contributed by atoms with E-state index in [0.717, 1.165) is 6.08 Å². The Labute approximate surface area is 190 Å². The van der Waals surface area contributed by atoms with Crippen LogP contribution in [0.1, 0.15) is 60.3 Å². The molecular formula is C21H27N3O9. The highest BCUT2D eigenvalue weighted by atomic mass is 16.7. The van der Waals surface area contributed by atoms with E-state index in [0.29, 0.717) is 15.2 Å². The fraction of sp³-hybridized carbons (Fsp3) is 0.619. The molecule has 0 bridgehead atoms. The van der Waals surface area contributed by atoms with Gasteiger partial charge in [0, 0.05) is 37.3 Å². The normalized spacial score (nSPS) is 22.4. The van der Waals surface area contributed by atoms with Crippen LogP contribution in [-0.2, 0) is 43.3 Å². The zero-order chi connectivity index (χ0) is 24.7. The fourth-order valence-corrected chi connectivity index (χ4v) is 3.48. The molecule has 1 atom stereocenters. The first kappa shape index (κ1) is 24.7.